The molecular weight excluding hydrogens is 170 g/mol. The van der Waals surface area contributed by atoms with Crippen molar-refractivity contribution in [1.82, 2.24) is 5.32 Å². The number of carbonyl (C=O) groups excluding carboxylic acids is 1. The highest BCUT2D eigenvalue weighted by Gasteiger charge is 2.43. The van der Waals surface area contributed by atoms with Crippen LogP contribution >= 0.6 is 0 Å². The van der Waals surface area contributed by atoms with Crippen LogP contribution in [0.2, 0.25) is 0 Å². The van der Waals surface area contributed by atoms with E-state index in [4.69, 9.17) is 4.74 Å². The van der Waals surface area contributed by atoms with Crippen molar-refractivity contribution in [2.24, 2.45) is 5.41 Å². The van der Waals surface area contributed by atoms with Crippen LogP contribution in [0.3, 0.4) is 0 Å². The molecule has 0 aliphatic carbocycles. The van der Waals surface area contributed by atoms with Crippen LogP contribution in [0.5, 0.6) is 0 Å². The van der Waals surface area contributed by atoms with E-state index in [0.717, 1.165) is 6.54 Å². The molecule has 0 aromatic carbocycles. The van der Waals surface area contributed by atoms with Crippen LogP contribution in [0.1, 0.15) is 20.3 Å². The van der Waals surface area contributed by atoms with Crippen LogP contribution < -0.4 is 5.32 Å². The maximum Gasteiger partial charge on any atom is 0.314 e. The lowest BCUT2D eigenvalue weighted by molar-refractivity contribution is -0.163. The number of hydrogen-bond acceptors (Lipinski definition) is 4. The maximum atomic E-state index is 11.5. The Morgan fingerprint density at radius 2 is 2.46 bits per heavy atom. The predicted octanol–water partition coefficient (Wildman–Crippen LogP) is -0.0900. The van der Waals surface area contributed by atoms with Gasteiger partial charge >= 0.3 is 5.97 Å². The largest absolute Gasteiger partial charge is 0.465 e. The van der Waals surface area contributed by atoms with E-state index in [9.17, 15) is 9.90 Å². The van der Waals surface area contributed by atoms with E-state index in [0.29, 0.717) is 19.6 Å². The molecule has 1 rings (SSSR count). The van der Waals surface area contributed by atoms with Crippen LogP contribution in [0.25, 0.3) is 0 Å². The zero-order valence-corrected chi connectivity index (χ0v) is 8.17. The van der Waals surface area contributed by atoms with Gasteiger partial charge in [-0.2, -0.15) is 0 Å². The minimum atomic E-state index is -0.721. The van der Waals surface area contributed by atoms with Gasteiger partial charge in [-0.1, -0.05) is 0 Å². The molecule has 0 aromatic rings. The van der Waals surface area contributed by atoms with E-state index < -0.39 is 11.5 Å². The molecule has 1 saturated heterocycles. The minimum Gasteiger partial charge on any atom is -0.465 e. The molecule has 76 valence electrons. The quantitative estimate of drug-likeness (QED) is 0.593. The van der Waals surface area contributed by atoms with Gasteiger partial charge in [0.25, 0.3) is 0 Å². The van der Waals surface area contributed by atoms with Crippen LogP contribution in [0.15, 0.2) is 0 Å². The van der Waals surface area contributed by atoms with Crippen LogP contribution in [-0.4, -0.2) is 36.9 Å². The molecule has 2 N–H and O–H groups in total. The van der Waals surface area contributed by atoms with Crippen LogP contribution in [0, 0.1) is 5.41 Å². The number of ether oxygens (including phenoxy) is 1. The summed E-state index contributed by atoms with van der Waals surface area (Å²) in [6, 6.07) is 0. The first kappa shape index (κ1) is 10.5. The second kappa shape index (κ2) is 4.07. The van der Waals surface area contributed by atoms with Crippen LogP contribution in [0.4, 0.5) is 0 Å². The summed E-state index contributed by atoms with van der Waals surface area (Å²) in [5.41, 5.74) is -0.721. The zero-order chi connectivity index (χ0) is 9.90. The molecule has 13 heavy (non-hydrogen) atoms. The second-order valence-corrected chi connectivity index (χ2v) is 3.61. The molecule has 1 aliphatic heterocycles. The number of carbonyl (C=O) groups is 1. The summed E-state index contributed by atoms with van der Waals surface area (Å²) in [5, 5.41) is 12.7. The molecule has 0 radical (unpaired) electrons. The minimum absolute atomic E-state index is 0.288. The SMILES string of the molecule is CCOC(=O)[C@@]1(C)CCNC[C@H]1O. The fraction of sp³-hybridized carbons (Fsp3) is 0.889. The van der Waals surface area contributed by atoms with Gasteiger partial charge in [0, 0.05) is 6.54 Å². The van der Waals surface area contributed by atoms with Crippen molar-refractivity contribution in [2.75, 3.05) is 19.7 Å². The van der Waals surface area contributed by atoms with Crippen molar-refractivity contribution in [1.29, 1.82) is 0 Å². The third-order valence-electron chi connectivity index (χ3n) is 2.64. The number of rotatable bonds is 2. The number of nitrogens with one attached hydrogen (secondary N) is 1. The van der Waals surface area contributed by atoms with E-state index in [1.54, 1.807) is 13.8 Å². The average Bonchev–Trinajstić information content (AvgIpc) is 2.11. The molecule has 0 unspecified atom stereocenters. The summed E-state index contributed by atoms with van der Waals surface area (Å²) in [5.74, 6) is -0.288. The number of hydrogen-bond donors (Lipinski definition) is 2. The highest BCUT2D eigenvalue weighted by atomic mass is 16.5. The van der Waals surface area contributed by atoms with Crippen LogP contribution in [-0.2, 0) is 9.53 Å². The summed E-state index contributed by atoms with van der Waals surface area (Å²) >= 11 is 0. The lowest BCUT2D eigenvalue weighted by atomic mass is 9.78. The van der Waals surface area contributed by atoms with Gasteiger partial charge in [0.15, 0.2) is 0 Å². The summed E-state index contributed by atoms with van der Waals surface area (Å²) in [6.45, 7) is 5.13. The Balaban J connectivity index is 2.65. The van der Waals surface area contributed by atoms with Gasteiger partial charge < -0.3 is 15.2 Å². The third kappa shape index (κ3) is 2.00. The molecule has 4 heteroatoms. The fourth-order valence-electron chi connectivity index (χ4n) is 1.51. The normalized spacial score (nSPS) is 34.2. The highest BCUT2D eigenvalue weighted by molar-refractivity contribution is 5.77. The standard InChI is InChI=1S/C9H17NO3/c1-3-13-8(12)9(2)4-5-10-6-7(9)11/h7,10-11H,3-6H2,1-2H3/t7-,9+/m1/s1. The Morgan fingerprint density at radius 1 is 1.77 bits per heavy atom. The van der Waals surface area contributed by atoms with Crippen molar-refractivity contribution >= 4 is 5.97 Å². The fourth-order valence-corrected chi connectivity index (χ4v) is 1.51. The number of β-amino-alcohol motifs (C(OH)–C–C–N with tert-alkyl or cyclic N) is 1. The van der Waals surface area contributed by atoms with Gasteiger partial charge in [-0.3, -0.25) is 4.79 Å². The predicted molar refractivity (Wildman–Crippen MR) is 48.2 cm³/mol. The number of aliphatic hydroxyl groups excluding tert-OH is 1. The zero-order valence-electron chi connectivity index (χ0n) is 8.17. The average molecular weight is 187 g/mol. The summed E-state index contributed by atoms with van der Waals surface area (Å²) in [4.78, 5) is 11.5. The smallest absolute Gasteiger partial charge is 0.314 e. The Kier molecular flexibility index (Phi) is 3.27. The first-order valence-electron chi connectivity index (χ1n) is 4.67. The van der Waals surface area contributed by atoms with E-state index >= 15 is 0 Å². The van der Waals surface area contributed by atoms with Gasteiger partial charge in [-0.15, -0.1) is 0 Å². The van der Waals surface area contributed by atoms with Gasteiger partial charge in [-0.25, -0.2) is 0 Å². The molecule has 1 heterocycles. The van der Waals surface area contributed by atoms with Gasteiger partial charge in [-0.05, 0) is 26.8 Å². The molecular formula is C9H17NO3. The summed E-state index contributed by atoms with van der Waals surface area (Å²) in [6.07, 6.45) is -0.00667. The third-order valence-corrected chi connectivity index (χ3v) is 2.64. The first-order chi connectivity index (χ1) is 6.11. The number of esters is 1. The van der Waals surface area contributed by atoms with E-state index in [1.807, 2.05) is 0 Å². The van der Waals surface area contributed by atoms with Gasteiger partial charge in [0.2, 0.25) is 0 Å². The van der Waals surface area contributed by atoms with E-state index in [-0.39, 0.29) is 5.97 Å². The Labute approximate surface area is 78.3 Å². The molecule has 0 aromatic heterocycles. The molecule has 0 amide bonds. The molecule has 1 aliphatic rings. The van der Waals surface area contributed by atoms with Crippen molar-refractivity contribution < 1.29 is 14.6 Å². The molecule has 2 atom stereocenters. The molecule has 1 fully saturated rings. The Hall–Kier alpha value is -0.610. The monoisotopic (exact) mass is 187 g/mol. The van der Waals surface area contributed by atoms with E-state index in [2.05, 4.69) is 5.32 Å². The second-order valence-electron chi connectivity index (χ2n) is 3.61. The summed E-state index contributed by atoms with van der Waals surface area (Å²) in [7, 11) is 0. The van der Waals surface area contributed by atoms with Crippen molar-refractivity contribution in [3.05, 3.63) is 0 Å². The highest BCUT2D eigenvalue weighted by Crippen LogP contribution is 2.29. The van der Waals surface area contributed by atoms with Crippen molar-refractivity contribution in [3.8, 4) is 0 Å². The van der Waals surface area contributed by atoms with Crippen molar-refractivity contribution in [3.63, 3.8) is 0 Å². The number of aliphatic hydroxyl groups is 1. The lowest BCUT2D eigenvalue weighted by Crippen LogP contribution is -2.52. The van der Waals surface area contributed by atoms with Crippen molar-refractivity contribution in [2.45, 2.75) is 26.4 Å². The maximum absolute atomic E-state index is 11.5. The summed E-state index contributed by atoms with van der Waals surface area (Å²) < 4.78 is 4.93. The molecule has 0 spiro atoms. The topological polar surface area (TPSA) is 58.6 Å². The molecule has 4 nitrogen and oxygen atoms in total. The van der Waals surface area contributed by atoms with E-state index in [1.165, 1.54) is 0 Å². The number of piperidine rings is 1. The Morgan fingerprint density at radius 3 is 3.00 bits per heavy atom. The van der Waals surface area contributed by atoms with Gasteiger partial charge in [0.1, 0.15) is 0 Å². The lowest BCUT2D eigenvalue weighted by Gasteiger charge is -2.36. The molecule has 0 saturated carbocycles. The molecule has 0 bridgehead atoms. The van der Waals surface area contributed by atoms with Gasteiger partial charge in [0.05, 0.1) is 18.1 Å². The Bertz CT molecular complexity index is 195. The first-order valence-corrected chi connectivity index (χ1v) is 4.67.